The molecule has 0 aliphatic rings. The minimum absolute atomic E-state index is 0.277. The summed E-state index contributed by atoms with van der Waals surface area (Å²) in [6.45, 7) is 1.62. The molecule has 0 fully saturated rings. The number of benzene rings is 1. The molecule has 0 spiro atoms. The number of aliphatic hydroxyl groups excluding tert-OH is 2. The lowest BCUT2D eigenvalue weighted by Crippen LogP contribution is -2.18. The first-order chi connectivity index (χ1) is 9.17. The van der Waals surface area contributed by atoms with Crippen molar-refractivity contribution in [2.45, 2.75) is 17.5 Å². The minimum atomic E-state index is -0.820. The van der Waals surface area contributed by atoms with Crippen LogP contribution in [0, 0.1) is 5.82 Å². The molecule has 1 atom stereocenters. The number of methoxy groups -OCH3 is 1. The standard InChI is InChI=1S/C13H20FNO3S/c1-18-5-4-15-7-10-2-3-13(12(14)6-10)19-9-11(17)8-16/h2-3,6,11,15-17H,4-5,7-9H2,1H3. The van der Waals surface area contributed by atoms with E-state index in [0.29, 0.717) is 18.0 Å². The quantitative estimate of drug-likeness (QED) is 0.468. The molecule has 1 aromatic carbocycles. The van der Waals surface area contributed by atoms with Crippen molar-refractivity contribution in [3.8, 4) is 0 Å². The number of halogens is 1. The lowest BCUT2D eigenvalue weighted by molar-refractivity contribution is 0.113. The summed E-state index contributed by atoms with van der Waals surface area (Å²) in [5.74, 6) is -0.0278. The van der Waals surface area contributed by atoms with Crippen molar-refractivity contribution >= 4 is 11.8 Å². The van der Waals surface area contributed by atoms with Gasteiger partial charge < -0.3 is 20.3 Å². The molecule has 6 heteroatoms. The van der Waals surface area contributed by atoms with Crippen molar-refractivity contribution in [3.05, 3.63) is 29.6 Å². The summed E-state index contributed by atoms with van der Waals surface area (Å²) in [5.41, 5.74) is 0.862. The van der Waals surface area contributed by atoms with E-state index in [4.69, 9.17) is 9.84 Å². The van der Waals surface area contributed by atoms with E-state index in [0.717, 1.165) is 12.1 Å². The number of ether oxygens (including phenoxy) is 1. The van der Waals surface area contributed by atoms with Crippen LogP contribution in [0.2, 0.25) is 0 Å². The summed E-state index contributed by atoms with van der Waals surface area (Å²) < 4.78 is 18.7. The van der Waals surface area contributed by atoms with Crippen LogP contribution in [-0.2, 0) is 11.3 Å². The van der Waals surface area contributed by atoms with Gasteiger partial charge in [-0.25, -0.2) is 4.39 Å². The number of rotatable bonds is 9. The molecule has 0 saturated heterocycles. The maximum atomic E-state index is 13.8. The number of nitrogens with one attached hydrogen (secondary N) is 1. The van der Waals surface area contributed by atoms with E-state index in [1.807, 2.05) is 6.07 Å². The first-order valence-corrected chi connectivity index (χ1v) is 7.05. The first kappa shape index (κ1) is 16.4. The van der Waals surface area contributed by atoms with Crippen LogP contribution >= 0.6 is 11.8 Å². The Morgan fingerprint density at radius 1 is 1.47 bits per heavy atom. The van der Waals surface area contributed by atoms with Crippen molar-refractivity contribution in [1.82, 2.24) is 5.32 Å². The highest BCUT2D eigenvalue weighted by Crippen LogP contribution is 2.23. The number of thioether (sulfide) groups is 1. The van der Waals surface area contributed by atoms with Crippen molar-refractivity contribution in [1.29, 1.82) is 0 Å². The zero-order chi connectivity index (χ0) is 14.1. The Balaban J connectivity index is 2.45. The van der Waals surface area contributed by atoms with E-state index in [1.54, 1.807) is 13.2 Å². The first-order valence-electron chi connectivity index (χ1n) is 6.07. The smallest absolute Gasteiger partial charge is 0.137 e. The van der Waals surface area contributed by atoms with Gasteiger partial charge in [-0.2, -0.15) is 0 Å². The van der Waals surface area contributed by atoms with Crippen LogP contribution in [-0.4, -0.2) is 48.9 Å². The summed E-state index contributed by atoms with van der Waals surface area (Å²) >= 11 is 1.19. The molecule has 3 N–H and O–H groups in total. The molecule has 0 aliphatic heterocycles. The second-order valence-corrected chi connectivity index (χ2v) is 5.14. The third kappa shape index (κ3) is 6.35. The average Bonchev–Trinajstić information content (AvgIpc) is 2.42. The Bertz CT molecular complexity index is 379. The van der Waals surface area contributed by atoms with E-state index in [1.165, 1.54) is 17.8 Å². The SMILES string of the molecule is COCCNCc1ccc(SCC(O)CO)c(F)c1. The molecule has 0 aromatic heterocycles. The van der Waals surface area contributed by atoms with Gasteiger partial charge in [-0.15, -0.1) is 11.8 Å². The molecule has 1 unspecified atom stereocenters. The summed E-state index contributed by atoms with van der Waals surface area (Å²) in [5, 5.41) is 21.0. The predicted molar refractivity (Wildman–Crippen MR) is 73.8 cm³/mol. The van der Waals surface area contributed by atoms with Crippen LogP contribution in [0.25, 0.3) is 0 Å². The molecule has 0 aliphatic carbocycles. The molecule has 0 amide bonds. The Morgan fingerprint density at radius 3 is 2.89 bits per heavy atom. The Hall–Kier alpha value is -0.660. The number of hydrogen-bond acceptors (Lipinski definition) is 5. The summed E-state index contributed by atoms with van der Waals surface area (Å²) in [7, 11) is 1.63. The summed E-state index contributed by atoms with van der Waals surface area (Å²) in [4.78, 5) is 0.480. The third-order valence-corrected chi connectivity index (χ3v) is 3.64. The van der Waals surface area contributed by atoms with Crippen molar-refractivity contribution in [3.63, 3.8) is 0 Å². The van der Waals surface area contributed by atoms with Gasteiger partial charge in [0.05, 0.1) is 19.3 Å². The Morgan fingerprint density at radius 2 is 2.26 bits per heavy atom. The Labute approximate surface area is 117 Å². The average molecular weight is 289 g/mol. The van der Waals surface area contributed by atoms with E-state index >= 15 is 0 Å². The lowest BCUT2D eigenvalue weighted by Gasteiger charge is -2.09. The molecule has 0 bridgehead atoms. The predicted octanol–water partition coefficient (Wildman–Crippen LogP) is 1.01. The third-order valence-electron chi connectivity index (χ3n) is 2.45. The van der Waals surface area contributed by atoms with Crippen LogP contribution in [0.1, 0.15) is 5.56 Å². The van der Waals surface area contributed by atoms with Crippen LogP contribution in [0.4, 0.5) is 4.39 Å². The topological polar surface area (TPSA) is 61.7 Å². The summed E-state index contributed by atoms with van der Waals surface area (Å²) in [6.07, 6.45) is -0.820. The maximum Gasteiger partial charge on any atom is 0.137 e. The second kappa shape index (κ2) is 9.28. The molecule has 0 radical (unpaired) electrons. The van der Waals surface area contributed by atoms with Gasteiger partial charge in [-0.1, -0.05) is 6.07 Å². The van der Waals surface area contributed by atoms with Crippen molar-refractivity contribution < 1.29 is 19.3 Å². The molecule has 0 heterocycles. The van der Waals surface area contributed by atoms with E-state index in [-0.39, 0.29) is 18.2 Å². The van der Waals surface area contributed by atoms with E-state index in [2.05, 4.69) is 5.32 Å². The molecular weight excluding hydrogens is 269 g/mol. The van der Waals surface area contributed by atoms with Crippen LogP contribution in [0.5, 0.6) is 0 Å². The fourth-order valence-corrected chi connectivity index (χ4v) is 2.26. The fourth-order valence-electron chi connectivity index (χ4n) is 1.42. The van der Waals surface area contributed by atoms with Gasteiger partial charge in [0.2, 0.25) is 0 Å². The molecule has 19 heavy (non-hydrogen) atoms. The summed E-state index contributed by atoms with van der Waals surface area (Å²) in [6, 6.07) is 5.02. The largest absolute Gasteiger partial charge is 0.394 e. The van der Waals surface area contributed by atoms with Crippen LogP contribution < -0.4 is 5.32 Å². The monoisotopic (exact) mass is 289 g/mol. The van der Waals surface area contributed by atoms with Gasteiger partial charge >= 0.3 is 0 Å². The highest BCUT2D eigenvalue weighted by Gasteiger charge is 2.08. The van der Waals surface area contributed by atoms with E-state index in [9.17, 15) is 9.50 Å². The van der Waals surface area contributed by atoms with Crippen LogP contribution in [0.3, 0.4) is 0 Å². The molecular formula is C13H20FNO3S. The number of aliphatic hydroxyl groups is 2. The van der Waals surface area contributed by atoms with Crippen molar-refractivity contribution in [2.24, 2.45) is 0 Å². The lowest BCUT2D eigenvalue weighted by atomic mass is 10.2. The number of hydrogen-bond donors (Lipinski definition) is 3. The second-order valence-electron chi connectivity index (χ2n) is 4.08. The zero-order valence-corrected chi connectivity index (χ0v) is 11.8. The van der Waals surface area contributed by atoms with Gasteiger partial charge in [0, 0.05) is 30.8 Å². The highest BCUT2D eigenvalue weighted by molar-refractivity contribution is 7.99. The maximum absolute atomic E-state index is 13.8. The minimum Gasteiger partial charge on any atom is -0.394 e. The highest BCUT2D eigenvalue weighted by atomic mass is 32.2. The van der Waals surface area contributed by atoms with Gasteiger partial charge in [0.15, 0.2) is 0 Å². The molecule has 0 saturated carbocycles. The molecule has 4 nitrogen and oxygen atoms in total. The zero-order valence-electron chi connectivity index (χ0n) is 10.9. The normalized spacial score (nSPS) is 12.6. The molecule has 1 rings (SSSR count). The Kier molecular flexibility index (Phi) is 8.00. The van der Waals surface area contributed by atoms with Gasteiger partial charge in [0.25, 0.3) is 0 Å². The van der Waals surface area contributed by atoms with E-state index < -0.39 is 6.10 Å². The van der Waals surface area contributed by atoms with Crippen molar-refractivity contribution in [2.75, 3.05) is 32.6 Å². The van der Waals surface area contributed by atoms with Gasteiger partial charge in [0.1, 0.15) is 5.82 Å². The fraction of sp³-hybridized carbons (Fsp3) is 0.538. The van der Waals surface area contributed by atoms with Gasteiger partial charge in [-0.05, 0) is 17.7 Å². The van der Waals surface area contributed by atoms with Gasteiger partial charge in [-0.3, -0.25) is 0 Å². The molecule has 108 valence electrons. The van der Waals surface area contributed by atoms with Crippen LogP contribution in [0.15, 0.2) is 23.1 Å². The molecule has 1 aromatic rings.